The maximum atomic E-state index is 12.0. The average molecular weight is 327 g/mol. The van der Waals surface area contributed by atoms with E-state index in [0.717, 1.165) is 11.3 Å². The molecule has 6 nitrogen and oxygen atoms in total. The average Bonchev–Trinajstić information content (AvgIpc) is 2.95. The zero-order valence-electron chi connectivity index (χ0n) is 10.8. The molecule has 2 aromatic rings. The Hall–Kier alpha value is -1.90. The number of carboxylic acid groups (broad SMARTS) is 1. The van der Waals surface area contributed by atoms with Crippen molar-refractivity contribution in [2.75, 3.05) is 0 Å². The van der Waals surface area contributed by atoms with Gasteiger partial charge in [0.05, 0.1) is 0 Å². The number of aromatic hydroxyl groups is 1. The van der Waals surface area contributed by atoms with E-state index in [9.17, 15) is 23.4 Å². The normalized spacial score (nSPS) is 13.0. The van der Waals surface area contributed by atoms with Crippen LogP contribution < -0.4 is 4.72 Å². The van der Waals surface area contributed by atoms with E-state index in [1.165, 1.54) is 18.2 Å². The van der Waals surface area contributed by atoms with Gasteiger partial charge in [-0.2, -0.15) is 4.72 Å². The van der Waals surface area contributed by atoms with Gasteiger partial charge in [-0.25, -0.2) is 8.42 Å². The quantitative estimate of drug-likeness (QED) is 0.744. The second kappa shape index (κ2) is 6.25. The lowest BCUT2D eigenvalue weighted by Gasteiger charge is -2.14. The van der Waals surface area contributed by atoms with Crippen LogP contribution in [0.15, 0.2) is 46.0 Å². The lowest BCUT2D eigenvalue weighted by Crippen LogP contribution is -2.42. The van der Waals surface area contributed by atoms with E-state index in [0.29, 0.717) is 5.56 Å². The lowest BCUT2D eigenvalue weighted by molar-refractivity contribution is -0.138. The minimum atomic E-state index is -3.85. The van der Waals surface area contributed by atoms with Gasteiger partial charge in [0, 0.05) is 0 Å². The van der Waals surface area contributed by atoms with Crippen LogP contribution in [0.4, 0.5) is 0 Å². The molecular weight excluding hydrogens is 314 g/mol. The Morgan fingerprint density at radius 1 is 1.24 bits per heavy atom. The molecule has 1 heterocycles. The molecule has 0 radical (unpaired) electrons. The first-order valence-electron chi connectivity index (χ1n) is 5.95. The van der Waals surface area contributed by atoms with E-state index in [2.05, 4.69) is 4.72 Å². The predicted molar refractivity (Wildman–Crippen MR) is 77.9 cm³/mol. The van der Waals surface area contributed by atoms with Crippen LogP contribution in [0.1, 0.15) is 5.56 Å². The molecule has 0 fully saturated rings. The molecule has 1 unspecified atom stereocenters. The van der Waals surface area contributed by atoms with Crippen LogP contribution in [0, 0.1) is 0 Å². The molecule has 0 bridgehead atoms. The molecule has 1 aromatic carbocycles. The number of nitrogens with one attached hydrogen (secondary N) is 1. The molecule has 1 atom stereocenters. The molecular formula is C13H13NO5S2. The molecule has 112 valence electrons. The van der Waals surface area contributed by atoms with Gasteiger partial charge in [0.2, 0.25) is 0 Å². The van der Waals surface area contributed by atoms with E-state index < -0.39 is 22.0 Å². The number of hydrogen-bond acceptors (Lipinski definition) is 5. The Labute approximate surface area is 125 Å². The maximum absolute atomic E-state index is 12.0. The summed E-state index contributed by atoms with van der Waals surface area (Å²) in [6.07, 6.45) is -0.0137. The van der Waals surface area contributed by atoms with Crippen LogP contribution in [0.3, 0.4) is 0 Å². The first kappa shape index (κ1) is 15.5. The van der Waals surface area contributed by atoms with Crippen molar-refractivity contribution in [3.05, 3.63) is 47.3 Å². The highest BCUT2D eigenvalue weighted by Gasteiger charge is 2.26. The van der Waals surface area contributed by atoms with Crippen molar-refractivity contribution in [3.63, 3.8) is 0 Å². The summed E-state index contributed by atoms with van der Waals surface area (Å²) in [7, 11) is -3.85. The van der Waals surface area contributed by atoms with E-state index >= 15 is 0 Å². The van der Waals surface area contributed by atoms with Crippen LogP contribution in [-0.2, 0) is 21.2 Å². The number of thiophene rings is 1. The number of carboxylic acids is 1. The van der Waals surface area contributed by atoms with Crippen molar-refractivity contribution in [2.24, 2.45) is 0 Å². The monoisotopic (exact) mass is 327 g/mol. The van der Waals surface area contributed by atoms with Crippen molar-refractivity contribution in [1.29, 1.82) is 0 Å². The molecule has 0 aliphatic rings. The highest BCUT2D eigenvalue weighted by Crippen LogP contribution is 2.17. The highest BCUT2D eigenvalue weighted by molar-refractivity contribution is 7.91. The molecule has 1 aromatic heterocycles. The third-order valence-electron chi connectivity index (χ3n) is 2.73. The Kier molecular flexibility index (Phi) is 4.61. The Morgan fingerprint density at radius 2 is 1.90 bits per heavy atom. The molecule has 21 heavy (non-hydrogen) atoms. The van der Waals surface area contributed by atoms with Gasteiger partial charge in [-0.15, -0.1) is 11.3 Å². The topological polar surface area (TPSA) is 104 Å². The van der Waals surface area contributed by atoms with Gasteiger partial charge in [-0.1, -0.05) is 18.2 Å². The van der Waals surface area contributed by atoms with Gasteiger partial charge in [0.15, 0.2) is 0 Å². The zero-order chi connectivity index (χ0) is 15.5. The standard InChI is InChI=1S/C13H13NO5S2/c15-10-5-3-9(4-6-10)8-11(13(16)17)14-21(18,19)12-2-1-7-20-12/h1-7,11,14-15H,8H2,(H,16,17). The molecule has 2 rings (SSSR count). The second-order valence-electron chi connectivity index (χ2n) is 4.31. The van der Waals surface area contributed by atoms with Crippen molar-refractivity contribution >= 4 is 27.3 Å². The summed E-state index contributed by atoms with van der Waals surface area (Å²) in [6.45, 7) is 0. The number of benzene rings is 1. The number of aliphatic carboxylic acids is 1. The summed E-state index contributed by atoms with van der Waals surface area (Å²) < 4.78 is 26.3. The summed E-state index contributed by atoms with van der Waals surface area (Å²) in [5.41, 5.74) is 0.606. The molecule has 0 saturated carbocycles. The van der Waals surface area contributed by atoms with Crippen LogP contribution >= 0.6 is 11.3 Å². The molecule has 8 heteroatoms. The number of sulfonamides is 1. The first-order chi connectivity index (χ1) is 9.88. The van der Waals surface area contributed by atoms with Crippen molar-refractivity contribution in [1.82, 2.24) is 4.72 Å². The first-order valence-corrected chi connectivity index (χ1v) is 8.31. The third-order valence-corrected chi connectivity index (χ3v) is 5.60. The van der Waals surface area contributed by atoms with Crippen molar-refractivity contribution in [2.45, 2.75) is 16.7 Å². The molecule has 3 N–H and O–H groups in total. The van der Waals surface area contributed by atoms with Gasteiger partial charge in [0.25, 0.3) is 10.0 Å². The van der Waals surface area contributed by atoms with Gasteiger partial charge in [0.1, 0.15) is 16.0 Å². The summed E-state index contributed by atoms with van der Waals surface area (Å²) in [6, 6.07) is 7.64. The lowest BCUT2D eigenvalue weighted by atomic mass is 10.1. The molecule has 0 spiro atoms. The zero-order valence-corrected chi connectivity index (χ0v) is 12.4. The number of phenolic OH excluding ortho intramolecular Hbond substituents is 1. The summed E-state index contributed by atoms with van der Waals surface area (Å²) in [5, 5.41) is 20.0. The predicted octanol–water partition coefficient (Wildman–Crippen LogP) is 1.43. The largest absolute Gasteiger partial charge is 0.508 e. The van der Waals surface area contributed by atoms with E-state index in [4.69, 9.17) is 0 Å². The number of hydrogen-bond donors (Lipinski definition) is 3. The van der Waals surface area contributed by atoms with Crippen LogP contribution in [-0.4, -0.2) is 30.6 Å². The Morgan fingerprint density at radius 3 is 2.43 bits per heavy atom. The van der Waals surface area contributed by atoms with E-state index in [1.54, 1.807) is 23.6 Å². The van der Waals surface area contributed by atoms with Crippen molar-refractivity contribution in [3.8, 4) is 5.75 Å². The van der Waals surface area contributed by atoms with Crippen LogP contribution in [0.2, 0.25) is 0 Å². The van der Waals surface area contributed by atoms with Crippen LogP contribution in [0.25, 0.3) is 0 Å². The van der Waals surface area contributed by atoms with E-state index in [-0.39, 0.29) is 16.4 Å². The maximum Gasteiger partial charge on any atom is 0.322 e. The molecule has 0 saturated heterocycles. The minimum absolute atomic E-state index is 0.0137. The fourth-order valence-corrected chi connectivity index (χ4v) is 3.91. The summed E-state index contributed by atoms with van der Waals surface area (Å²) in [5.74, 6) is -1.20. The van der Waals surface area contributed by atoms with Gasteiger partial charge >= 0.3 is 5.97 Å². The Bertz CT molecular complexity index is 708. The Balaban J connectivity index is 2.17. The number of rotatable bonds is 6. The van der Waals surface area contributed by atoms with E-state index in [1.807, 2.05) is 0 Å². The second-order valence-corrected chi connectivity index (χ2v) is 7.20. The summed E-state index contributed by atoms with van der Waals surface area (Å²) in [4.78, 5) is 11.2. The van der Waals surface area contributed by atoms with Gasteiger partial charge in [-0.05, 0) is 35.6 Å². The summed E-state index contributed by atoms with van der Waals surface area (Å²) >= 11 is 1.02. The molecule has 0 aliphatic heterocycles. The molecule has 0 aliphatic carbocycles. The molecule has 0 amide bonds. The van der Waals surface area contributed by atoms with Gasteiger partial charge < -0.3 is 10.2 Å². The van der Waals surface area contributed by atoms with Gasteiger partial charge in [-0.3, -0.25) is 4.79 Å². The third kappa shape index (κ3) is 4.03. The van der Waals surface area contributed by atoms with Crippen LogP contribution in [0.5, 0.6) is 5.75 Å². The highest BCUT2D eigenvalue weighted by atomic mass is 32.2. The fraction of sp³-hybridized carbons (Fsp3) is 0.154. The SMILES string of the molecule is O=C(O)C(Cc1ccc(O)cc1)NS(=O)(=O)c1cccs1. The number of carbonyl (C=O) groups is 1. The van der Waals surface area contributed by atoms with Crippen molar-refractivity contribution < 1.29 is 23.4 Å². The fourth-order valence-electron chi connectivity index (χ4n) is 1.71. The minimum Gasteiger partial charge on any atom is -0.508 e. The number of phenols is 1. The smallest absolute Gasteiger partial charge is 0.322 e.